The SMILES string of the molecule is C1=CCSC(n2c3ccccc3c3ccccc32)=C1. The molecule has 3 aromatic rings. The topological polar surface area (TPSA) is 4.93 Å². The average molecular weight is 263 g/mol. The van der Waals surface area contributed by atoms with Crippen LogP contribution in [-0.2, 0) is 0 Å². The van der Waals surface area contributed by atoms with Gasteiger partial charge in [0.15, 0.2) is 0 Å². The van der Waals surface area contributed by atoms with Gasteiger partial charge in [-0.2, -0.15) is 0 Å². The third-order valence-corrected chi connectivity index (χ3v) is 4.48. The van der Waals surface area contributed by atoms with Crippen LogP contribution in [0.15, 0.2) is 66.8 Å². The van der Waals surface area contributed by atoms with Gasteiger partial charge in [-0.1, -0.05) is 48.6 Å². The fourth-order valence-electron chi connectivity index (χ4n) is 2.69. The minimum absolute atomic E-state index is 1.05. The number of allylic oxidation sites excluding steroid dienone is 2. The third-order valence-electron chi connectivity index (χ3n) is 3.50. The van der Waals surface area contributed by atoms with E-state index in [-0.39, 0.29) is 0 Å². The zero-order chi connectivity index (χ0) is 12.7. The molecule has 1 aromatic heterocycles. The van der Waals surface area contributed by atoms with Crippen LogP contribution < -0.4 is 0 Å². The first kappa shape index (κ1) is 10.9. The number of benzene rings is 2. The number of hydrogen-bond donors (Lipinski definition) is 0. The highest BCUT2D eigenvalue weighted by Crippen LogP contribution is 2.36. The summed E-state index contributed by atoms with van der Waals surface area (Å²) < 4.78 is 2.37. The van der Waals surface area contributed by atoms with Crippen molar-refractivity contribution in [1.82, 2.24) is 4.57 Å². The van der Waals surface area contributed by atoms with Crippen LogP contribution in [0.1, 0.15) is 0 Å². The van der Waals surface area contributed by atoms with Crippen LogP contribution >= 0.6 is 11.8 Å². The second-order valence-corrected chi connectivity index (χ2v) is 5.65. The molecule has 1 nitrogen and oxygen atoms in total. The van der Waals surface area contributed by atoms with Crippen molar-refractivity contribution in [3.05, 3.63) is 66.8 Å². The van der Waals surface area contributed by atoms with Gasteiger partial charge in [-0.05, 0) is 18.2 Å². The van der Waals surface area contributed by atoms with Crippen LogP contribution in [0.3, 0.4) is 0 Å². The van der Waals surface area contributed by atoms with Crippen LogP contribution in [0.4, 0.5) is 0 Å². The van der Waals surface area contributed by atoms with Crippen LogP contribution in [0.2, 0.25) is 0 Å². The molecule has 19 heavy (non-hydrogen) atoms. The van der Waals surface area contributed by atoms with Crippen LogP contribution in [0, 0.1) is 0 Å². The molecule has 0 unspecified atom stereocenters. The van der Waals surface area contributed by atoms with Gasteiger partial charge in [0.1, 0.15) is 0 Å². The molecule has 0 bridgehead atoms. The second kappa shape index (κ2) is 4.32. The Morgan fingerprint density at radius 3 is 2.05 bits per heavy atom. The standard InChI is InChI=1S/C17H13NS/c1-3-9-15-13(7-1)14-8-2-4-10-16(14)18(15)17-11-5-6-12-19-17/h1-11H,12H2. The summed E-state index contributed by atoms with van der Waals surface area (Å²) in [5, 5.41) is 3.96. The van der Waals surface area contributed by atoms with Gasteiger partial charge in [0, 0.05) is 16.5 Å². The Balaban J connectivity index is 2.16. The molecule has 0 radical (unpaired) electrons. The van der Waals surface area contributed by atoms with Gasteiger partial charge in [-0.3, -0.25) is 0 Å². The Morgan fingerprint density at radius 2 is 1.47 bits per heavy atom. The number of rotatable bonds is 1. The van der Waals surface area contributed by atoms with Crippen molar-refractivity contribution < 1.29 is 0 Å². The molecule has 2 heterocycles. The molecular weight excluding hydrogens is 250 g/mol. The molecular formula is C17H13NS. The van der Waals surface area contributed by atoms with Crippen molar-refractivity contribution in [2.75, 3.05) is 5.75 Å². The molecule has 0 spiro atoms. The van der Waals surface area contributed by atoms with Gasteiger partial charge >= 0.3 is 0 Å². The summed E-state index contributed by atoms with van der Waals surface area (Å²) >= 11 is 1.89. The lowest BCUT2D eigenvalue weighted by Gasteiger charge is -2.12. The van der Waals surface area contributed by atoms with Crippen molar-refractivity contribution in [2.45, 2.75) is 0 Å². The number of fused-ring (bicyclic) bond motifs is 3. The van der Waals surface area contributed by atoms with E-state index >= 15 is 0 Å². The average Bonchev–Trinajstić information content (AvgIpc) is 2.83. The lowest BCUT2D eigenvalue weighted by molar-refractivity contribution is 1.27. The zero-order valence-corrected chi connectivity index (χ0v) is 11.2. The first-order valence-electron chi connectivity index (χ1n) is 6.43. The molecule has 0 saturated heterocycles. The monoisotopic (exact) mass is 263 g/mol. The highest BCUT2D eigenvalue weighted by Gasteiger charge is 2.13. The molecule has 1 aliphatic rings. The van der Waals surface area contributed by atoms with Crippen molar-refractivity contribution >= 4 is 38.6 Å². The minimum atomic E-state index is 1.05. The fraction of sp³-hybridized carbons (Fsp3) is 0.0588. The van der Waals surface area contributed by atoms with E-state index in [0.717, 1.165) is 5.75 Å². The lowest BCUT2D eigenvalue weighted by Crippen LogP contribution is -1.95. The van der Waals surface area contributed by atoms with Gasteiger partial charge in [0.05, 0.1) is 16.1 Å². The van der Waals surface area contributed by atoms with E-state index in [1.54, 1.807) is 0 Å². The van der Waals surface area contributed by atoms with E-state index in [9.17, 15) is 0 Å². The van der Waals surface area contributed by atoms with E-state index in [1.807, 2.05) is 11.8 Å². The smallest absolute Gasteiger partial charge is 0.0801 e. The molecule has 0 fully saturated rings. The molecule has 2 heteroatoms. The summed E-state index contributed by atoms with van der Waals surface area (Å²) in [7, 11) is 0. The number of hydrogen-bond acceptors (Lipinski definition) is 1. The quantitative estimate of drug-likeness (QED) is 0.604. The number of aromatic nitrogens is 1. The highest BCUT2D eigenvalue weighted by atomic mass is 32.2. The largest absolute Gasteiger partial charge is 0.304 e. The maximum Gasteiger partial charge on any atom is 0.0801 e. The van der Waals surface area contributed by atoms with E-state index in [1.165, 1.54) is 26.8 Å². The molecule has 2 aromatic carbocycles. The Kier molecular flexibility index (Phi) is 2.49. The first-order valence-corrected chi connectivity index (χ1v) is 7.42. The number of thioether (sulfide) groups is 1. The first-order chi connectivity index (χ1) is 9.45. The maximum absolute atomic E-state index is 2.37. The van der Waals surface area contributed by atoms with Crippen molar-refractivity contribution in [2.24, 2.45) is 0 Å². The Bertz CT molecular complexity index is 770. The molecule has 0 atom stereocenters. The summed E-state index contributed by atoms with van der Waals surface area (Å²) in [6.45, 7) is 0. The number of nitrogens with zero attached hydrogens (tertiary/aromatic N) is 1. The third kappa shape index (κ3) is 1.64. The summed E-state index contributed by atoms with van der Waals surface area (Å²) in [5.41, 5.74) is 2.58. The van der Waals surface area contributed by atoms with Gasteiger partial charge in [-0.15, -0.1) is 11.8 Å². The van der Waals surface area contributed by atoms with E-state index in [0.29, 0.717) is 0 Å². The van der Waals surface area contributed by atoms with Gasteiger partial charge < -0.3 is 4.57 Å². The van der Waals surface area contributed by atoms with Gasteiger partial charge in [0.2, 0.25) is 0 Å². The van der Waals surface area contributed by atoms with Gasteiger partial charge in [-0.25, -0.2) is 0 Å². The summed E-state index contributed by atoms with van der Waals surface area (Å²) in [6, 6.07) is 17.3. The van der Waals surface area contributed by atoms with Crippen molar-refractivity contribution in [3.63, 3.8) is 0 Å². The Morgan fingerprint density at radius 1 is 0.842 bits per heavy atom. The normalized spacial score (nSPS) is 15.1. The van der Waals surface area contributed by atoms with Crippen molar-refractivity contribution in [1.29, 1.82) is 0 Å². The summed E-state index contributed by atoms with van der Waals surface area (Å²) in [6.07, 6.45) is 6.55. The molecule has 0 saturated carbocycles. The van der Waals surface area contributed by atoms with E-state index in [4.69, 9.17) is 0 Å². The minimum Gasteiger partial charge on any atom is -0.304 e. The summed E-state index contributed by atoms with van der Waals surface area (Å²) in [4.78, 5) is 0. The van der Waals surface area contributed by atoms with Crippen LogP contribution in [0.5, 0.6) is 0 Å². The lowest BCUT2D eigenvalue weighted by atomic mass is 10.2. The highest BCUT2D eigenvalue weighted by molar-refractivity contribution is 8.08. The van der Waals surface area contributed by atoms with E-state index in [2.05, 4.69) is 71.3 Å². The maximum atomic E-state index is 2.37. The molecule has 4 rings (SSSR count). The molecule has 0 aliphatic carbocycles. The molecule has 1 aliphatic heterocycles. The predicted molar refractivity (Wildman–Crippen MR) is 85.3 cm³/mol. The molecule has 0 amide bonds. The molecule has 92 valence electrons. The Hall–Kier alpha value is -1.93. The molecule has 0 N–H and O–H groups in total. The van der Waals surface area contributed by atoms with Crippen LogP contribution in [0.25, 0.3) is 26.8 Å². The fourth-order valence-corrected chi connectivity index (χ4v) is 3.57. The summed E-state index contributed by atoms with van der Waals surface area (Å²) in [5.74, 6) is 1.05. The van der Waals surface area contributed by atoms with Crippen molar-refractivity contribution in [3.8, 4) is 0 Å². The second-order valence-electron chi connectivity index (χ2n) is 4.61. The predicted octanol–water partition coefficient (Wildman–Crippen LogP) is 4.90. The van der Waals surface area contributed by atoms with Crippen LogP contribution in [-0.4, -0.2) is 10.3 Å². The number of para-hydroxylation sites is 2. The Labute approximate surface area is 116 Å². The zero-order valence-electron chi connectivity index (χ0n) is 10.4. The van der Waals surface area contributed by atoms with E-state index < -0.39 is 0 Å². The van der Waals surface area contributed by atoms with Gasteiger partial charge in [0.25, 0.3) is 0 Å².